The van der Waals surface area contributed by atoms with Gasteiger partial charge in [-0.2, -0.15) is 13.2 Å². The van der Waals surface area contributed by atoms with Gasteiger partial charge in [0.2, 0.25) is 0 Å². The number of thioether (sulfide) groups is 1. The van der Waals surface area contributed by atoms with Crippen LogP contribution in [-0.4, -0.2) is 25.2 Å². The summed E-state index contributed by atoms with van der Waals surface area (Å²) in [6.45, 7) is 1.70. The van der Waals surface area contributed by atoms with E-state index in [-0.39, 0.29) is 5.57 Å². The van der Waals surface area contributed by atoms with Crippen molar-refractivity contribution in [1.82, 2.24) is 0 Å². The highest BCUT2D eigenvalue weighted by atomic mass is 32.2. The average Bonchev–Trinajstić information content (AvgIpc) is 2.33. The molecule has 1 aromatic carbocycles. The van der Waals surface area contributed by atoms with Crippen molar-refractivity contribution in [3.8, 4) is 0 Å². The minimum atomic E-state index is -4.35. The van der Waals surface area contributed by atoms with Gasteiger partial charge < -0.3 is 0 Å². The normalized spacial score (nSPS) is 13.8. The summed E-state index contributed by atoms with van der Waals surface area (Å²) in [5, 5.41) is 0. The Morgan fingerprint density at radius 1 is 1.28 bits per heavy atom. The Hall–Kier alpha value is -1.23. The molecule has 0 N–H and O–H groups in total. The minimum Gasteiger partial charge on any atom is -0.296 e. The fourth-order valence-corrected chi connectivity index (χ4v) is 2.25. The summed E-state index contributed by atoms with van der Waals surface area (Å²) in [5.41, 5.74) is 0.647. The molecule has 0 amide bonds. The fourth-order valence-electron chi connectivity index (χ4n) is 1.47. The first-order chi connectivity index (χ1) is 8.50. The van der Waals surface area contributed by atoms with Crippen LogP contribution in [0.5, 0.6) is 0 Å². The summed E-state index contributed by atoms with van der Waals surface area (Å²) >= 11 is 0.790. The number of hydrogen-bond donors (Lipinski definition) is 0. The number of allylic oxidation sites excluding steroid dienone is 2. The molecule has 0 fully saturated rings. The van der Waals surface area contributed by atoms with E-state index in [9.17, 15) is 13.2 Å². The number of rotatable bonds is 4. The molecule has 0 aromatic heterocycles. The Morgan fingerprint density at radius 2 is 1.89 bits per heavy atom. The third-order valence-electron chi connectivity index (χ3n) is 2.13. The Morgan fingerprint density at radius 3 is 2.33 bits per heavy atom. The van der Waals surface area contributed by atoms with Crippen LogP contribution in [0.25, 0.3) is 5.57 Å². The van der Waals surface area contributed by atoms with Gasteiger partial charge in [-0.05, 0) is 11.3 Å². The lowest BCUT2D eigenvalue weighted by Gasteiger charge is -2.14. The molecule has 0 heterocycles. The van der Waals surface area contributed by atoms with Crippen LogP contribution in [0.2, 0.25) is 0 Å². The van der Waals surface area contributed by atoms with Crippen LogP contribution in [0.3, 0.4) is 0 Å². The number of benzene rings is 1. The third kappa shape index (κ3) is 3.91. The molecule has 0 unspecified atom stereocenters. The molecule has 0 bridgehead atoms. The molecule has 0 atom stereocenters. The quantitative estimate of drug-likeness (QED) is 0.740. The van der Waals surface area contributed by atoms with Crippen LogP contribution in [-0.2, 0) is 0 Å². The van der Waals surface area contributed by atoms with Gasteiger partial charge in [0, 0.05) is 18.8 Å². The topological polar surface area (TPSA) is 12.4 Å². The van der Waals surface area contributed by atoms with E-state index in [1.54, 1.807) is 37.3 Å². The maximum atomic E-state index is 13.0. The van der Waals surface area contributed by atoms with E-state index in [1.165, 1.54) is 13.3 Å². The molecule has 98 valence electrons. The average molecular weight is 273 g/mol. The highest BCUT2D eigenvalue weighted by Crippen LogP contribution is 2.39. The molecule has 0 aliphatic rings. The molecule has 0 saturated heterocycles. The van der Waals surface area contributed by atoms with E-state index in [1.807, 2.05) is 0 Å². The number of aliphatic imine (C=N–C) groups is 1. The van der Waals surface area contributed by atoms with E-state index in [0.717, 1.165) is 11.8 Å². The number of halogens is 3. The van der Waals surface area contributed by atoms with Crippen LogP contribution >= 0.6 is 11.8 Å². The Bertz CT molecular complexity index is 435. The predicted molar refractivity (Wildman–Crippen MR) is 72.0 cm³/mol. The minimum absolute atomic E-state index is 0.123. The van der Waals surface area contributed by atoms with Crippen LogP contribution in [0.15, 0.2) is 40.2 Å². The Labute approximate surface area is 109 Å². The standard InChI is InChI=1S/C13H14F3NS/c1-3-18-12(13(14,15)16)11(9-17-2)10-7-5-4-6-8-10/h4-9H,3H2,1-2H3/b12-11+,17-9?. The van der Waals surface area contributed by atoms with Crippen LogP contribution in [0, 0.1) is 0 Å². The molecular formula is C13H14F3NS. The maximum absolute atomic E-state index is 13.0. The zero-order chi connectivity index (χ0) is 13.6. The number of alkyl halides is 3. The maximum Gasteiger partial charge on any atom is 0.422 e. The first kappa shape index (κ1) is 14.8. The van der Waals surface area contributed by atoms with Crippen LogP contribution in [0.1, 0.15) is 12.5 Å². The van der Waals surface area contributed by atoms with Crippen molar-refractivity contribution in [1.29, 1.82) is 0 Å². The van der Waals surface area contributed by atoms with Gasteiger partial charge in [-0.15, -0.1) is 11.8 Å². The molecule has 0 saturated carbocycles. The highest BCUT2D eigenvalue weighted by molar-refractivity contribution is 8.03. The summed E-state index contributed by atoms with van der Waals surface area (Å²) in [4.78, 5) is 3.14. The summed E-state index contributed by atoms with van der Waals surface area (Å²) < 4.78 is 39.1. The second-order valence-corrected chi connectivity index (χ2v) is 4.70. The lowest BCUT2D eigenvalue weighted by atomic mass is 10.1. The van der Waals surface area contributed by atoms with Crippen LogP contribution in [0.4, 0.5) is 13.2 Å². The predicted octanol–water partition coefficient (Wildman–Crippen LogP) is 4.41. The molecule has 0 radical (unpaired) electrons. The third-order valence-corrected chi connectivity index (χ3v) is 3.16. The van der Waals surface area contributed by atoms with Gasteiger partial charge in [-0.1, -0.05) is 37.3 Å². The highest BCUT2D eigenvalue weighted by Gasteiger charge is 2.36. The van der Waals surface area contributed by atoms with E-state index in [0.29, 0.717) is 11.3 Å². The van der Waals surface area contributed by atoms with Crippen LogP contribution < -0.4 is 0 Å². The smallest absolute Gasteiger partial charge is 0.296 e. The number of nitrogens with zero attached hydrogens (tertiary/aromatic N) is 1. The first-order valence-electron chi connectivity index (χ1n) is 5.42. The van der Waals surface area contributed by atoms with Gasteiger partial charge in [0.25, 0.3) is 0 Å². The summed E-state index contributed by atoms with van der Waals surface area (Å²) in [7, 11) is 1.47. The lowest BCUT2D eigenvalue weighted by Crippen LogP contribution is -2.12. The molecule has 0 aliphatic heterocycles. The zero-order valence-electron chi connectivity index (χ0n) is 10.2. The van der Waals surface area contributed by atoms with Crippen molar-refractivity contribution >= 4 is 23.5 Å². The monoisotopic (exact) mass is 273 g/mol. The molecule has 18 heavy (non-hydrogen) atoms. The van der Waals surface area contributed by atoms with E-state index in [4.69, 9.17) is 0 Å². The zero-order valence-corrected chi connectivity index (χ0v) is 11.0. The second-order valence-electron chi connectivity index (χ2n) is 3.43. The van der Waals surface area contributed by atoms with Gasteiger partial charge in [-0.3, -0.25) is 4.99 Å². The van der Waals surface area contributed by atoms with E-state index >= 15 is 0 Å². The summed E-state index contributed by atoms with van der Waals surface area (Å²) in [6, 6.07) is 8.50. The Kier molecular flexibility index (Phi) is 5.47. The van der Waals surface area contributed by atoms with Crippen molar-refractivity contribution in [3.63, 3.8) is 0 Å². The van der Waals surface area contributed by atoms with E-state index in [2.05, 4.69) is 4.99 Å². The number of hydrogen-bond acceptors (Lipinski definition) is 2. The summed E-state index contributed by atoms with van der Waals surface area (Å²) in [5.74, 6) is 0.364. The lowest BCUT2D eigenvalue weighted by molar-refractivity contribution is -0.0829. The van der Waals surface area contributed by atoms with Gasteiger partial charge in [0.1, 0.15) is 0 Å². The van der Waals surface area contributed by atoms with E-state index < -0.39 is 11.1 Å². The Balaban J connectivity index is 3.39. The molecule has 0 spiro atoms. The molecule has 1 rings (SSSR count). The van der Waals surface area contributed by atoms with Gasteiger partial charge in [-0.25, -0.2) is 0 Å². The molecule has 1 aromatic rings. The van der Waals surface area contributed by atoms with Crippen molar-refractivity contribution in [2.75, 3.05) is 12.8 Å². The van der Waals surface area contributed by atoms with Crippen molar-refractivity contribution in [3.05, 3.63) is 40.8 Å². The van der Waals surface area contributed by atoms with Crippen molar-refractivity contribution in [2.45, 2.75) is 13.1 Å². The fraction of sp³-hybridized carbons (Fsp3) is 0.308. The van der Waals surface area contributed by atoms with Crippen molar-refractivity contribution < 1.29 is 13.2 Å². The second kappa shape index (κ2) is 6.64. The first-order valence-corrected chi connectivity index (χ1v) is 6.41. The molecule has 0 aliphatic carbocycles. The summed E-state index contributed by atoms with van der Waals surface area (Å²) in [6.07, 6.45) is -3.09. The molecule has 1 nitrogen and oxygen atoms in total. The van der Waals surface area contributed by atoms with Gasteiger partial charge in [0.15, 0.2) is 0 Å². The largest absolute Gasteiger partial charge is 0.422 e. The molecule has 5 heteroatoms. The molecular weight excluding hydrogens is 259 g/mol. The van der Waals surface area contributed by atoms with Gasteiger partial charge in [0.05, 0.1) is 4.91 Å². The van der Waals surface area contributed by atoms with Gasteiger partial charge >= 0.3 is 6.18 Å². The van der Waals surface area contributed by atoms with Crippen molar-refractivity contribution in [2.24, 2.45) is 4.99 Å². The SMILES string of the molecule is CCS/C(=C(\C=NC)c1ccccc1)C(F)(F)F.